The number of esters is 1. The van der Waals surface area contributed by atoms with E-state index in [4.69, 9.17) is 4.74 Å². The van der Waals surface area contributed by atoms with Crippen molar-refractivity contribution in [3.63, 3.8) is 0 Å². The second-order valence-corrected chi connectivity index (χ2v) is 7.92. The molecule has 1 aromatic rings. The van der Waals surface area contributed by atoms with Gasteiger partial charge in [0.1, 0.15) is 0 Å². The maximum atomic E-state index is 11.8. The van der Waals surface area contributed by atoms with Crippen LogP contribution < -0.4 is 5.32 Å². The largest absolute Gasteiger partial charge is 0.461 e. The van der Waals surface area contributed by atoms with Crippen LogP contribution in [0.15, 0.2) is 0 Å². The minimum atomic E-state index is -0.323. The number of ether oxygens (including phenoxy) is 1. The first-order chi connectivity index (χ1) is 10.1. The van der Waals surface area contributed by atoms with Crippen molar-refractivity contribution in [1.82, 2.24) is 4.98 Å². The Morgan fingerprint density at radius 1 is 1.43 bits per heavy atom. The van der Waals surface area contributed by atoms with Gasteiger partial charge in [-0.1, -0.05) is 19.3 Å². The smallest absolute Gasteiger partial charge is 0.358 e. The fraction of sp³-hybridized carbons (Fsp3) is 0.733. The number of carbonyl (C=O) groups is 1. The maximum absolute atomic E-state index is 11.8. The van der Waals surface area contributed by atoms with Crippen LogP contribution in [-0.2, 0) is 4.74 Å². The molecule has 21 heavy (non-hydrogen) atoms. The summed E-state index contributed by atoms with van der Waals surface area (Å²) in [6.45, 7) is 5.03. The van der Waals surface area contributed by atoms with Gasteiger partial charge in [0.25, 0.3) is 0 Å². The highest BCUT2D eigenvalue weighted by atomic mass is 32.2. The number of nitrogens with one attached hydrogen (secondary N) is 1. The number of thiazole rings is 1. The van der Waals surface area contributed by atoms with E-state index < -0.39 is 0 Å². The molecule has 0 atom stereocenters. The quantitative estimate of drug-likeness (QED) is 0.797. The van der Waals surface area contributed by atoms with Crippen LogP contribution in [-0.4, -0.2) is 35.1 Å². The third kappa shape index (κ3) is 4.13. The van der Waals surface area contributed by atoms with Crippen LogP contribution in [0.5, 0.6) is 0 Å². The van der Waals surface area contributed by atoms with Crippen LogP contribution in [0.1, 0.15) is 54.4 Å². The first kappa shape index (κ1) is 16.6. The summed E-state index contributed by atoms with van der Waals surface area (Å²) in [6, 6.07) is 0. The number of nitrogens with zero attached hydrogens (tertiary/aromatic N) is 1. The van der Waals surface area contributed by atoms with Gasteiger partial charge in [-0.2, -0.15) is 11.8 Å². The predicted octanol–water partition coefficient (Wildman–Crippen LogP) is 4.11. The Hall–Kier alpha value is -0.750. The van der Waals surface area contributed by atoms with E-state index in [1.165, 1.54) is 43.4 Å². The van der Waals surface area contributed by atoms with Crippen LogP contribution in [0.2, 0.25) is 0 Å². The van der Waals surface area contributed by atoms with E-state index in [1.807, 2.05) is 25.6 Å². The van der Waals surface area contributed by atoms with Gasteiger partial charge in [-0.05, 0) is 32.9 Å². The maximum Gasteiger partial charge on any atom is 0.358 e. The van der Waals surface area contributed by atoms with Crippen molar-refractivity contribution in [3.05, 3.63) is 10.6 Å². The summed E-state index contributed by atoms with van der Waals surface area (Å²) in [4.78, 5) is 17.1. The zero-order chi connectivity index (χ0) is 15.3. The summed E-state index contributed by atoms with van der Waals surface area (Å²) in [5, 5.41) is 4.27. The Morgan fingerprint density at radius 3 is 2.76 bits per heavy atom. The van der Waals surface area contributed by atoms with Crippen molar-refractivity contribution in [3.8, 4) is 0 Å². The molecule has 0 unspecified atom stereocenters. The molecule has 1 aliphatic rings. The molecule has 1 fully saturated rings. The molecule has 1 aromatic heterocycles. The molecule has 0 saturated heterocycles. The van der Waals surface area contributed by atoms with Crippen molar-refractivity contribution in [1.29, 1.82) is 0 Å². The van der Waals surface area contributed by atoms with Crippen molar-refractivity contribution in [2.45, 2.75) is 50.7 Å². The Morgan fingerprint density at radius 2 is 2.14 bits per heavy atom. The highest BCUT2D eigenvalue weighted by Crippen LogP contribution is 2.39. The summed E-state index contributed by atoms with van der Waals surface area (Å²) in [7, 11) is 0. The predicted molar refractivity (Wildman–Crippen MR) is 90.6 cm³/mol. The summed E-state index contributed by atoms with van der Waals surface area (Å²) in [6.07, 6.45) is 8.70. The number of rotatable bonds is 6. The summed E-state index contributed by atoms with van der Waals surface area (Å²) < 4.78 is 5.35. The second-order valence-electron chi connectivity index (χ2n) is 5.45. The van der Waals surface area contributed by atoms with E-state index >= 15 is 0 Å². The lowest BCUT2D eigenvalue weighted by atomic mass is 9.88. The van der Waals surface area contributed by atoms with E-state index in [0.29, 0.717) is 17.0 Å². The molecule has 118 valence electrons. The second kappa shape index (κ2) is 7.49. The van der Waals surface area contributed by atoms with Gasteiger partial charge in [0, 0.05) is 16.2 Å². The summed E-state index contributed by atoms with van der Waals surface area (Å²) >= 11 is 3.49. The lowest BCUT2D eigenvalue weighted by molar-refractivity contribution is 0.0519. The number of thioether (sulfide) groups is 1. The van der Waals surface area contributed by atoms with Gasteiger partial charge in [0.15, 0.2) is 10.8 Å². The molecule has 0 amide bonds. The van der Waals surface area contributed by atoms with Gasteiger partial charge in [-0.3, -0.25) is 0 Å². The minimum Gasteiger partial charge on any atom is -0.461 e. The number of aromatic nitrogens is 1. The van der Waals surface area contributed by atoms with Crippen molar-refractivity contribution >= 4 is 34.2 Å². The Balaban J connectivity index is 2.00. The fourth-order valence-electron chi connectivity index (χ4n) is 2.75. The van der Waals surface area contributed by atoms with Gasteiger partial charge < -0.3 is 10.1 Å². The van der Waals surface area contributed by atoms with E-state index in [2.05, 4.69) is 16.6 Å². The molecule has 0 radical (unpaired) electrons. The molecule has 4 nitrogen and oxygen atoms in total. The SMILES string of the molecule is CCOC(=O)c1nc(NCC2(SC)CCCCC2)sc1C. The zero-order valence-electron chi connectivity index (χ0n) is 13.0. The summed E-state index contributed by atoms with van der Waals surface area (Å²) in [5.74, 6) is -0.323. The molecule has 6 heteroatoms. The normalized spacial score (nSPS) is 17.5. The van der Waals surface area contributed by atoms with E-state index in [1.54, 1.807) is 0 Å². The van der Waals surface area contributed by atoms with Crippen LogP contribution in [0.25, 0.3) is 0 Å². The molecular formula is C15H24N2O2S2. The average Bonchev–Trinajstić information content (AvgIpc) is 2.88. The van der Waals surface area contributed by atoms with Crippen LogP contribution in [0.4, 0.5) is 5.13 Å². The highest BCUT2D eigenvalue weighted by Gasteiger charge is 2.31. The fourth-order valence-corrected chi connectivity index (χ4v) is 4.46. The molecule has 0 bridgehead atoms. The van der Waals surface area contributed by atoms with Crippen molar-refractivity contribution in [2.75, 3.05) is 24.7 Å². The van der Waals surface area contributed by atoms with E-state index in [0.717, 1.165) is 16.6 Å². The highest BCUT2D eigenvalue weighted by molar-refractivity contribution is 8.00. The third-order valence-corrected chi connectivity index (χ3v) is 6.37. The number of anilines is 1. The third-order valence-electron chi connectivity index (χ3n) is 4.02. The zero-order valence-corrected chi connectivity index (χ0v) is 14.7. The number of aryl methyl sites for hydroxylation is 1. The van der Waals surface area contributed by atoms with Gasteiger partial charge >= 0.3 is 5.97 Å². The molecule has 0 aliphatic heterocycles. The Kier molecular flexibility index (Phi) is 5.93. The molecule has 1 saturated carbocycles. The number of hydrogen-bond donors (Lipinski definition) is 1. The van der Waals surface area contributed by atoms with Crippen molar-refractivity contribution < 1.29 is 9.53 Å². The molecular weight excluding hydrogens is 304 g/mol. The van der Waals surface area contributed by atoms with E-state index in [9.17, 15) is 4.79 Å². The van der Waals surface area contributed by atoms with Crippen LogP contribution in [0, 0.1) is 6.92 Å². The monoisotopic (exact) mass is 328 g/mol. The van der Waals surface area contributed by atoms with Gasteiger partial charge in [-0.15, -0.1) is 11.3 Å². The molecule has 1 aliphatic carbocycles. The lowest BCUT2D eigenvalue weighted by Gasteiger charge is -2.35. The lowest BCUT2D eigenvalue weighted by Crippen LogP contribution is -2.35. The number of hydrogen-bond acceptors (Lipinski definition) is 6. The van der Waals surface area contributed by atoms with Crippen LogP contribution in [0.3, 0.4) is 0 Å². The van der Waals surface area contributed by atoms with Crippen molar-refractivity contribution in [2.24, 2.45) is 0 Å². The first-order valence-electron chi connectivity index (χ1n) is 7.54. The standard InChI is InChI=1S/C15H24N2O2S2/c1-4-19-13(18)12-11(2)21-14(17-12)16-10-15(20-3)8-6-5-7-9-15/h4-10H2,1-3H3,(H,16,17). The van der Waals surface area contributed by atoms with E-state index in [-0.39, 0.29) is 5.97 Å². The summed E-state index contributed by atoms with van der Waals surface area (Å²) in [5.41, 5.74) is 0.450. The number of carbonyl (C=O) groups excluding carboxylic acids is 1. The first-order valence-corrected chi connectivity index (χ1v) is 9.58. The molecule has 0 aromatic carbocycles. The molecule has 0 spiro atoms. The molecule has 1 heterocycles. The average molecular weight is 329 g/mol. The van der Waals surface area contributed by atoms with Crippen LogP contribution >= 0.6 is 23.1 Å². The Bertz CT molecular complexity index is 482. The molecule has 2 rings (SSSR count). The van der Waals surface area contributed by atoms with Gasteiger partial charge in [0.2, 0.25) is 0 Å². The molecule has 1 N–H and O–H groups in total. The van der Waals surface area contributed by atoms with Gasteiger partial charge in [0.05, 0.1) is 6.61 Å². The minimum absolute atomic E-state index is 0.321. The van der Waals surface area contributed by atoms with Gasteiger partial charge in [-0.25, -0.2) is 9.78 Å². The Labute approximate surface area is 135 Å². The topological polar surface area (TPSA) is 51.2 Å².